The molecule has 156 valence electrons. The third-order valence-corrected chi connectivity index (χ3v) is 5.69. The van der Waals surface area contributed by atoms with Crippen molar-refractivity contribution in [2.24, 2.45) is 0 Å². The van der Waals surface area contributed by atoms with Gasteiger partial charge in [-0.1, -0.05) is 41.4 Å². The van der Waals surface area contributed by atoms with Crippen molar-refractivity contribution in [3.8, 4) is 0 Å². The highest BCUT2D eigenvalue weighted by Crippen LogP contribution is 2.41. The molecule has 0 spiro atoms. The lowest BCUT2D eigenvalue weighted by molar-refractivity contribution is -0.139. The number of alkyl halides is 6. The van der Waals surface area contributed by atoms with Crippen LogP contribution in [0.25, 0.3) is 6.08 Å². The molecule has 0 aliphatic rings. The van der Waals surface area contributed by atoms with Crippen molar-refractivity contribution in [3.05, 3.63) is 73.2 Å². The zero-order chi connectivity index (χ0) is 22.1. The van der Waals surface area contributed by atoms with Crippen molar-refractivity contribution < 1.29 is 36.2 Å². The summed E-state index contributed by atoms with van der Waals surface area (Å²) in [5.74, 6) is -4.01. The number of carboxylic acids is 1. The Balaban J connectivity index is 2.52. The van der Waals surface area contributed by atoms with Gasteiger partial charge in [-0.25, -0.2) is 4.79 Å². The first-order valence-electron chi connectivity index (χ1n) is 7.55. The molecule has 1 unspecified atom stereocenters. The monoisotopic (exact) mass is 520 g/mol. The number of rotatable bonds is 4. The van der Waals surface area contributed by atoms with Crippen LogP contribution in [0.4, 0.5) is 26.3 Å². The van der Waals surface area contributed by atoms with Gasteiger partial charge in [-0.3, -0.25) is 0 Å². The van der Waals surface area contributed by atoms with Crippen molar-refractivity contribution in [1.29, 1.82) is 0 Å². The number of hydrogen-bond donors (Lipinski definition) is 1. The van der Waals surface area contributed by atoms with E-state index in [0.717, 1.165) is 24.3 Å². The van der Waals surface area contributed by atoms with Crippen LogP contribution in [-0.2, 0) is 6.18 Å². The minimum atomic E-state index is -4.99. The van der Waals surface area contributed by atoms with E-state index in [1.807, 2.05) is 0 Å². The van der Waals surface area contributed by atoms with Crippen LogP contribution in [0, 0.1) is 0 Å². The molecule has 0 saturated carbocycles. The lowest BCUT2D eigenvalue weighted by atomic mass is 9.96. The maximum atomic E-state index is 13.5. The minimum Gasteiger partial charge on any atom is -0.478 e. The highest BCUT2D eigenvalue weighted by molar-refractivity contribution is 9.10. The van der Waals surface area contributed by atoms with Gasteiger partial charge in [-0.05, 0) is 51.3 Å². The average Bonchev–Trinajstić information content (AvgIpc) is 2.57. The topological polar surface area (TPSA) is 37.3 Å². The van der Waals surface area contributed by atoms with E-state index in [9.17, 15) is 31.1 Å². The molecule has 2 rings (SSSR count). The molecule has 0 radical (unpaired) electrons. The second kappa shape index (κ2) is 8.57. The van der Waals surface area contributed by atoms with Gasteiger partial charge in [0.25, 0.3) is 0 Å². The molecule has 2 aromatic rings. The summed E-state index contributed by atoms with van der Waals surface area (Å²) in [5.41, 5.74) is -3.05. The van der Waals surface area contributed by atoms with Crippen molar-refractivity contribution >= 4 is 51.2 Å². The van der Waals surface area contributed by atoms with Gasteiger partial charge < -0.3 is 5.11 Å². The molecule has 0 bridgehead atoms. The Morgan fingerprint density at radius 3 is 2.03 bits per heavy atom. The molecule has 0 amide bonds. The van der Waals surface area contributed by atoms with E-state index in [0.29, 0.717) is 18.2 Å². The van der Waals surface area contributed by atoms with Crippen LogP contribution in [0.2, 0.25) is 10.0 Å². The number of carboxylic acid groups (broad SMARTS) is 1. The van der Waals surface area contributed by atoms with Gasteiger partial charge >= 0.3 is 18.3 Å². The van der Waals surface area contributed by atoms with Gasteiger partial charge in [0, 0.05) is 0 Å². The summed E-state index contributed by atoms with van der Waals surface area (Å²) in [5, 5.41) is 8.73. The maximum Gasteiger partial charge on any atom is 0.417 e. The van der Waals surface area contributed by atoms with E-state index in [1.165, 1.54) is 0 Å². The SMILES string of the molecule is O=C(O)c1ccc(C=CC(c2cc(Cl)c(Br)c(Cl)c2)C(F)(F)F)cc1C(F)(F)F. The summed E-state index contributed by atoms with van der Waals surface area (Å²) >= 11 is 14.7. The van der Waals surface area contributed by atoms with Gasteiger partial charge in [0.2, 0.25) is 0 Å². The molecule has 0 aliphatic heterocycles. The first kappa shape index (κ1) is 23.6. The van der Waals surface area contributed by atoms with Gasteiger partial charge in [0.15, 0.2) is 0 Å². The standard InChI is InChI=1S/C18H9BrCl2F6O2/c19-15-13(20)6-9(7-14(15)21)11(17(22,23)24)4-2-8-1-3-10(16(28)29)12(5-8)18(25,26)27/h1-7,11H,(H,28,29). The highest BCUT2D eigenvalue weighted by Gasteiger charge is 2.39. The molecule has 2 aromatic carbocycles. The molecular weight excluding hydrogens is 513 g/mol. The second-order valence-corrected chi connectivity index (χ2v) is 7.39. The van der Waals surface area contributed by atoms with Gasteiger partial charge in [-0.2, -0.15) is 26.3 Å². The molecule has 0 heterocycles. The zero-order valence-corrected chi connectivity index (χ0v) is 17.0. The Labute approximate surface area is 178 Å². The van der Waals surface area contributed by atoms with Crippen LogP contribution in [0.15, 0.2) is 40.9 Å². The van der Waals surface area contributed by atoms with E-state index < -0.39 is 35.4 Å². The van der Waals surface area contributed by atoms with Crippen molar-refractivity contribution in [1.82, 2.24) is 0 Å². The van der Waals surface area contributed by atoms with Crippen LogP contribution in [0.1, 0.15) is 33.0 Å². The third-order valence-electron chi connectivity index (χ3n) is 3.78. The number of allylic oxidation sites excluding steroid dienone is 1. The van der Waals surface area contributed by atoms with Crippen molar-refractivity contribution in [2.45, 2.75) is 18.3 Å². The maximum absolute atomic E-state index is 13.5. The van der Waals surface area contributed by atoms with Gasteiger partial charge in [0.05, 0.1) is 31.6 Å². The first-order chi connectivity index (χ1) is 13.2. The lowest BCUT2D eigenvalue weighted by Crippen LogP contribution is -2.19. The van der Waals surface area contributed by atoms with Crippen molar-refractivity contribution in [2.75, 3.05) is 0 Å². The number of halogens is 9. The van der Waals surface area contributed by atoms with E-state index in [4.69, 9.17) is 28.3 Å². The molecule has 0 aliphatic carbocycles. The molecule has 29 heavy (non-hydrogen) atoms. The van der Waals surface area contributed by atoms with Crippen LogP contribution in [0.5, 0.6) is 0 Å². The summed E-state index contributed by atoms with van der Waals surface area (Å²) in [4.78, 5) is 11.0. The normalized spacial score (nSPS) is 13.7. The summed E-state index contributed by atoms with van der Waals surface area (Å²) in [6.07, 6.45) is -8.31. The van der Waals surface area contributed by atoms with Crippen LogP contribution < -0.4 is 0 Å². The fraction of sp³-hybridized carbons (Fsp3) is 0.167. The largest absolute Gasteiger partial charge is 0.478 e. The molecule has 1 N–H and O–H groups in total. The summed E-state index contributed by atoms with van der Waals surface area (Å²) in [6.45, 7) is 0. The van der Waals surface area contributed by atoms with Crippen LogP contribution in [0.3, 0.4) is 0 Å². The average molecular weight is 522 g/mol. The highest BCUT2D eigenvalue weighted by atomic mass is 79.9. The third kappa shape index (κ3) is 5.67. The minimum absolute atomic E-state index is 0.0691. The van der Waals surface area contributed by atoms with E-state index in [-0.39, 0.29) is 25.6 Å². The predicted octanol–water partition coefficient (Wildman–Crippen LogP) is 7.83. The smallest absolute Gasteiger partial charge is 0.417 e. The fourth-order valence-electron chi connectivity index (χ4n) is 2.46. The number of aromatic carboxylic acids is 1. The molecule has 0 fully saturated rings. The predicted molar refractivity (Wildman–Crippen MR) is 100 cm³/mol. The number of hydrogen-bond acceptors (Lipinski definition) is 1. The van der Waals surface area contributed by atoms with Gasteiger partial charge in [-0.15, -0.1) is 0 Å². The van der Waals surface area contributed by atoms with Crippen LogP contribution in [-0.4, -0.2) is 17.3 Å². The fourth-order valence-corrected chi connectivity index (χ4v) is 3.19. The number of benzene rings is 2. The Morgan fingerprint density at radius 1 is 1.03 bits per heavy atom. The van der Waals surface area contributed by atoms with Crippen molar-refractivity contribution in [3.63, 3.8) is 0 Å². The summed E-state index contributed by atoms with van der Waals surface area (Å²) < 4.78 is 79.9. The molecule has 2 nitrogen and oxygen atoms in total. The lowest BCUT2D eigenvalue weighted by Gasteiger charge is -2.18. The molecule has 0 aromatic heterocycles. The molecule has 0 saturated heterocycles. The molecule has 1 atom stereocenters. The summed E-state index contributed by atoms with van der Waals surface area (Å²) in [7, 11) is 0. The second-order valence-electron chi connectivity index (χ2n) is 5.78. The Morgan fingerprint density at radius 2 is 1.59 bits per heavy atom. The van der Waals surface area contributed by atoms with Gasteiger partial charge in [0.1, 0.15) is 0 Å². The molecular formula is C18H9BrCl2F6O2. The quantitative estimate of drug-likeness (QED) is 0.329. The van der Waals surface area contributed by atoms with E-state index in [1.54, 1.807) is 0 Å². The Kier molecular flexibility index (Phi) is 6.97. The van der Waals surface area contributed by atoms with E-state index in [2.05, 4.69) is 15.9 Å². The summed E-state index contributed by atoms with van der Waals surface area (Å²) in [6, 6.07) is 4.20. The number of carbonyl (C=O) groups is 1. The first-order valence-corrected chi connectivity index (χ1v) is 9.10. The Hall–Kier alpha value is -1.71. The van der Waals surface area contributed by atoms with E-state index >= 15 is 0 Å². The zero-order valence-electron chi connectivity index (χ0n) is 13.9. The molecule has 11 heteroatoms. The van der Waals surface area contributed by atoms with Crippen LogP contribution >= 0.6 is 39.1 Å². The Bertz CT molecular complexity index is 947.